The van der Waals surface area contributed by atoms with E-state index in [4.69, 9.17) is 0 Å². The van der Waals surface area contributed by atoms with E-state index >= 15 is 0 Å². The molecule has 2 aromatic rings. The Kier molecular flexibility index (Phi) is 3.80. The van der Waals surface area contributed by atoms with Crippen LogP contribution in [-0.2, 0) is 9.53 Å². The summed E-state index contributed by atoms with van der Waals surface area (Å²) in [5.41, 5.74) is 1.19. The molecule has 0 spiro atoms. The summed E-state index contributed by atoms with van der Waals surface area (Å²) in [5, 5.41) is 7.62. The summed E-state index contributed by atoms with van der Waals surface area (Å²) in [6, 6.07) is 3.48. The molecule has 1 atom stereocenters. The monoisotopic (exact) mass is 321 g/mol. The number of amides is 1. The van der Waals surface area contributed by atoms with Crippen LogP contribution in [-0.4, -0.2) is 29.3 Å². The maximum Gasteiger partial charge on any atom is 0.340 e. The molecular weight excluding hydrogens is 310 g/mol. The molecule has 1 unspecified atom stereocenters. The normalized spacial score (nSPS) is 16.0. The Labute approximate surface area is 128 Å². The van der Waals surface area contributed by atoms with Crippen molar-refractivity contribution in [2.24, 2.45) is 0 Å². The number of anilines is 2. The second kappa shape index (κ2) is 5.74. The van der Waals surface area contributed by atoms with Gasteiger partial charge >= 0.3 is 5.97 Å². The van der Waals surface area contributed by atoms with E-state index in [0.717, 1.165) is 10.6 Å². The third kappa shape index (κ3) is 2.72. The number of pyridine rings is 1. The number of ether oxygens (including phenoxy) is 1. The molecule has 2 aromatic heterocycles. The van der Waals surface area contributed by atoms with Gasteiger partial charge in [-0.2, -0.15) is 0 Å². The number of carbonyl (C=O) groups excluding carboxylic acids is 2. The third-order valence-corrected chi connectivity index (χ3v) is 4.87. The molecule has 2 N–H and O–H groups in total. The van der Waals surface area contributed by atoms with Crippen LogP contribution >= 0.6 is 23.1 Å². The van der Waals surface area contributed by atoms with Gasteiger partial charge in [0.25, 0.3) is 5.91 Å². The van der Waals surface area contributed by atoms with Gasteiger partial charge in [-0.1, -0.05) is 11.8 Å². The van der Waals surface area contributed by atoms with Crippen molar-refractivity contribution in [3.8, 4) is 0 Å². The summed E-state index contributed by atoms with van der Waals surface area (Å²) in [4.78, 5) is 28.8. The van der Waals surface area contributed by atoms with Crippen molar-refractivity contribution in [3.05, 3.63) is 35.5 Å². The molecule has 3 rings (SSSR count). The lowest BCUT2D eigenvalue weighted by atomic mass is 10.3. The lowest BCUT2D eigenvalue weighted by molar-refractivity contribution is -0.115. The number of thioether (sulfide) groups is 1. The number of esters is 1. The summed E-state index contributed by atoms with van der Waals surface area (Å²) < 4.78 is 4.68. The molecule has 3 heterocycles. The zero-order valence-electron chi connectivity index (χ0n) is 11.0. The van der Waals surface area contributed by atoms with Crippen molar-refractivity contribution in [2.75, 3.05) is 17.7 Å². The smallest absolute Gasteiger partial charge is 0.340 e. The molecule has 1 aliphatic heterocycles. The predicted octanol–water partition coefficient (Wildman–Crippen LogP) is 2.41. The van der Waals surface area contributed by atoms with Gasteiger partial charge in [0.2, 0.25) is 0 Å². The second-order valence-corrected chi connectivity index (χ2v) is 6.22. The summed E-state index contributed by atoms with van der Waals surface area (Å²) in [6.45, 7) is 0. The van der Waals surface area contributed by atoms with Gasteiger partial charge in [0, 0.05) is 11.1 Å². The van der Waals surface area contributed by atoms with Crippen LogP contribution in [0.2, 0.25) is 0 Å². The highest BCUT2D eigenvalue weighted by atomic mass is 32.2. The Morgan fingerprint density at radius 2 is 2.29 bits per heavy atom. The number of rotatable bonds is 3. The molecule has 0 bridgehead atoms. The number of carbonyl (C=O) groups is 2. The standard InChI is InChI=1S/C13H11N3O3S2/c1-19-13(18)7-3-5-20-11(7)16-10(17)12-15-8-6-14-4-2-9(8)21-12/h2-6,12,15H,1H3,(H,16,17). The fraction of sp³-hybridized carbons (Fsp3) is 0.154. The van der Waals surface area contributed by atoms with Crippen LogP contribution in [0.3, 0.4) is 0 Å². The zero-order chi connectivity index (χ0) is 14.8. The molecule has 21 heavy (non-hydrogen) atoms. The number of nitrogens with one attached hydrogen (secondary N) is 2. The molecular formula is C13H11N3O3S2. The highest BCUT2D eigenvalue weighted by Gasteiger charge is 2.28. The number of hydrogen-bond donors (Lipinski definition) is 2. The maximum atomic E-state index is 12.3. The minimum atomic E-state index is -0.467. The van der Waals surface area contributed by atoms with Gasteiger partial charge in [0.15, 0.2) is 5.37 Å². The largest absolute Gasteiger partial charge is 0.465 e. The van der Waals surface area contributed by atoms with Crippen molar-refractivity contribution in [2.45, 2.75) is 10.3 Å². The van der Waals surface area contributed by atoms with Crippen molar-refractivity contribution in [3.63, 3.8) is 0 Å². The molecule has 8 heteroatoms. The van der Waals surface area contributed by atoms with Crippen molar-refractivity contribution in [1.82, 2.24) is 4.98 Å². The Bertz CT molecular complexity index is 676. The van der Waals surface area contributed by atoms with Gasteiger partial charge in [-0.05, 0) is 17.5 Å². The molecule has 0 aliphatic carbocycles. The van der Waals surface area contributed by atoms with Crippen LogP contribution in [0.15, 0.2) is 34.8 Å². The number of aromatic nitrogens is 1. The minimum Gasteiger partial charge on any atom is -0.465 e. The SMILES string of the molecule is COC(=O)c1ccsc1NC(=O)C1Nc2cnccc2S1. The van der Waals surface area contributed by atoms with E-state index in [1.807, 2.05) is 6.07 Å². The average molecular weight is 321 g/mol. The van der Waals surface area contributed by atoms with Crippen LogP contribution in [0.25, 0.3) is 0 Å². The fourth-order valence-corrected chi connectivity index (χ4v) is 3.63. The Balaban J connectivity index is 1.71. The molecule has 0 aromatic carbocycles. The molecule has 0 saturated carbocycles. The van der Waals surface area contributed by atoms with Gasteiger partial charge in [-0.15, -0.1) is 11.3 Å². The quantitative estimate of drug-likeness (QED) is 0.845. The molecule has 0 fully saturated rings. The van der Waals surface area contributed by atoms with E-state index in [0.29, 0.717) is 10.6 Å². The first-order valence-corrected chi connectivity index (χ1v) is 7.79. The van der Waals surface area contributed by atoms with E-state index in [-0.39, 0.29) is 5.91 Å². The lowest BCUT2D eigenvalue weighted by Crippen LogP contribution is -2.29. The van der Waals surface area contributed by atoms with Crippen LogP contribution < -0.4 is 10.6 Å². The maximum absolute atomic E-state index is 12.3. The van der Waals surface area contributed by atoms with Crippen molar-refractivity contribution >= 4 is 45.7 Å². The third-order valence-electron chi connectivity index (χ3n) is 2.86. The molecule has 6 nitrogen and oxygen atoms in total. The fourth-order valence-electron chi connectivity index (χ4n) is 1.86. The summed E-state index contributed by atoms with van der Waals surface area (Å²) >= 11 is 2.69. The number of fused-ring (bicyclic) bond motifs is 1. The van der Waals surface area contributed by atoms with E-state index in [9.17, 15) is 9.59 Å². The Hall–Kier alpha value is -2.06. The molecule has 0 saturated heterocycles. The van der Waals surface area contributed by atoms with Gasteiger partial charge in [-0.3, -0.25) is 9.78 Å². The first kappa shape index (κ1) is 13.9. The van der Waals surface area contributed by atoms with Crippen molar-refractivity contribution < 1.29 is 14.3 Å². The molecule has 1 aliphatic rings. The Morgan fingerprint density at radius 1 is 1.43 bits per heavy atom. The predicted molar refractivity (Wildman–Crippen MR) is 81.8 cm³/mol. The number of nitrogens with zero attached hydrogens (tertiary/aromatic N) is 1. The van der Waals surface area contributed by atoms with Crippen LogP contribution in [0.1, 0.15) is 10.4 Å². The van der Waals surface area contributed by atoms with E-state index in [2.05, 4.69) is 20.4 Å². The topological polar surface area (TPSA) is 80.3 Å². The Morgan fingerprint density at radius 3 is 3.05 bits per heavy atom. The van der Waals surface area contributed by atoms with Crippen LogP contribution in [0, 0.1) is 0 Å². The minimum absolute atomic E-state index is 0.219. The average Bonchev–Trinajstić information content (AvgIpc) is 3.12. The molecule has 108 valence electrons. The zero-order valence-corrected chi connectivity index (χ0v) is 12.6. The first-order chi connectivity index (χ1) is 10.2. The van der Waals surface area contributed by atoms with Gasteiger partial charge in [0.05, 0.1) is 24.6 Å². The van der Waals surface area contributed by atoms with E-state index in [1.165, 1.54) is 30.2 Å². The van der Waals surface area contributed by atoms with Crippen LogP contribution in [0.4, 0.5) is 10.7 Å². The summed E-state index contributed by atoms with van der Waals surface area (Å²) in [6.07, 6.45) is 3.36. The van der Waals surface area contributed by atoms with Gasteiger partial charge < -0.3 is 15.4 Å². The van der Waals surface area contributed by atoms with Crippen LogP contribution in [0.5, 0.6) is 0 Å². The summed E-state index contributed by atoms with van der Waals surface area (Å²) in [5.74, 6) is -0.685. The number of thiophene rings is 1. The van der Waals surface area contributed by atoms with Crippen molar-refractivity contribution in [1.29, 1.82) is 0 Å². The molecule has 0 radical (unpaired) electrons. The van der Waals surface area contributed by atoms with Gasteiger partial charge in [0.1, 0.15) is 5.00 Å². The highest BCUT2D eigenvalue weighted by molar-refractivity contribution is 8.01. The summed E-state index contributed by atoms with van der Waals surface area (Å²) in [7, 11) is 1.31. The lowest BCUT2D eigenvalue weighted by Gasteiger charge is -2.10. The van der Waals surface area contributed by atoms with E-state index < -0.39 is 11.3 Å². The molecule has 1 amide bonds. The second-order valence-electron chi connectivity index (χ2n) is 4.16. The van der Waals surface area contributed by atoms with Gasteiger partial charge in [-0.25, -0.2) is 4.79 Å². The first-order valence-electron chi connectivity index (χ1n) is 6.03. The number of hydrogen-bond acceptors (Lipinski definition) is 7. The number of methoxy groups -OCH3 is 1. The van der Waals surface area contributed by atoms with E-state index in [1.54, 1.807) is 23.8 Å². The highest BCUT2D eigenvalue weighted by Crippen LogP contribution is 2.38.